The second-order valence-electron chi connectivity index (χ2n) is 6.33. The summed E-state index contributed by atoms with van der Waals surface area (Å²) < 4.78 is 59.1. The predicted octanol–water partition coefficient (Wildman–Crippen LogP) is 3.65. The van der Waals surface area contributed by atoms with Crippen molar-refractivity contribution in [1.82, 2.24) is 9.78 Å². The molecule has 0 saturated heterocycles. The number of benzene rings is 1. The van der Waals surface area contributed by atoms with Gasteiger partial charge in [0.25, 0.3) is 5.91 Å². The Morgan fingerprint density at radius 3 is 2.57 bits per heavy atom. The average Bonchev–Trinajstić information content (AvgIpc) is 2.93. The molecule has 1 heterocycles. The van der Waals surface area contributed by atoms with E-state index in [-0.39, 0.29) is 29.2 Å². The number of hydrogen-bond acceptors (Lipinski definition) is 4. The van der Waals surface area contributed by atoms with Crippen molar-refractivity contribution < 1.29 is 27.1 Å². The molecule has 154 valence electrons. The quantitative estimate of drug-likeness (QED) is 0.520. The van der Waals surface area contributed by atoms with Crippen LogP contribution in [0.2, 0.25) is 0 Å². The molecule has 28 heavy (non-hydrogen) atoms. The van der Waals surface area contributed by atoms with Gasteiger partial charge in [0, 0.05) is 12.2 Å². The van der Waals surface area contributed by atoms with Gasteiger partial charge in [0.05, 0.1) is 18.2 Å². The normalized spacial score (nSPS) is 12.9. The molecule has 0 fully saturated rings. The molecule has 1 aromatic carbocycles. The molecular weight excluding hydrogens is 380 g/mol. The number of hydrogen-bond donors (Lipinski definition) is 2. The Labute approximate surface area is 159 Å². The zero-order chi connectivity index (χ0) is 21.1. The Morgan fingerprint density at radius 1 is 1.36 bits per heavy atom. The minimum absolute atomic E-state index is 0.0162. The molecule has 2 aromatic rings. The van der Waals surface area contributed by atoms with Gasteiger partial charge in [0.1, 0.15) is 22.9 Å². The van der Waals surface area contributed by atoms with E-state index >= 15 is 0 Å². The molecule has 6 nitrogen and oxygen atoms in total. The minimum Gasteiger partial charge on any atom is -0.383 e. The van der Waals surface area contributed by atoms with E-state index < -0.39 is 29.5 Å². The number of amides is 1. The molecular formula is C18H22F4N4O2. The first kappa shape index (κ1) is 21.7. The average molecular weight is 402 g/mol. The first-order valence-corrected chi connectivity index (χ1v) is 8.68. The summed E-state index contributed by atoms with van der Waals surface area (Å²) in [6.45, 7) is 3.93. The van der Waals surface area contributed by atoms with Crippen molar-refractivity contribution in [2.24, 2.45) is 5.73 Å². The number of ether oxygens (including phenoxy) is 1. The van der Waals surface area contributed by atoms with Gasteiger partial charge in [-0.1, -0.05) is 19.4 Å². The van der Waals surface area contributed by atoms with E-state index in [2.05, 4.69) is 5.10 Å². The number of alkyl halides is 3. The molecule has 2 rings (SSSR count). The molecule has 1 atom stereocenters. The summed E-state index contributed by atoms with van der Waals surface area (Å²) in [5.41, 5.74) is 10.3. The molecule has 1 amide bonds. The van der Waals surface area contributed by atoms with E-state index in [1.807, 2.05) is 6.92 Å². The number of aromatic nitrogens is 2. The van der Waals surface area contributed by atoms with E-state index in [0.29, 0.717) is 12.7 Å². The number of nitrogen functional groups attached to an aromatic ring is 1. The number of nitrogens with zero attached hydrogens (tertiary/aromatic N) is 2. The Kier molecular flexibility index (Phi) is 6.65. The Morgan fingerprint density at radius 2 is 2.04 bits per heavy atom. The van der Waals surface area contributed by atoms with Crippen LogP contribution in [-0.4, -0.2) is 22.3 Å². The fraction of sp³-hybridized carbons (Fsp3) is 0.444. The summed E-state index contributed by atoms with van der Waals surface area (Å²) in [6.07, 6.45) is -2.92. The van der Waals surface area contributed by atoms with Gasteiger partial charge in [0.2, 0.25) is 0 Å². The van der Waals surface area contributed by atoms with Crippen LogP contribution >= 0.6 is 0 Å². The van der Waals surface area contributed by atoms with Crippen molar-refractivity contribution in [2.45, 2.75) is 45.5 Å². The lowest BCUT2D eigenvalue weighted by Gasteiger charge is -2.16. The van der Waals surface area contributed by atoms with Crippen molar-refractivity contribution in [3.63, 3.8) is 0 Å². The Bertz CT molecular complexity index is 849. The monoisotopic (exact) mass is 402 g/mol. The van der Waals surface area contributed by atoms with Gasteiger partial charge in [-0.05, 0) is 25.5 Å². The lowest BCUT2D eigenvalue weighted by molar-refractivity contribution is -0.137. The molecule has 0 bridgehead atoms. The zero-order valence-electron chi connectivity index (χ0n) is 15.5. The van der Waals surface area contributed by atoms with Crippen molar-refractivity contribution in [3.8, 4) is 0 Å². The third kappa shape index (κ3) is 4.61. The second kappa shape index (κ2) is 8.59. The van der Waals surface area contributed by atoms with Crippen LogP contribution < -0.4 is 11.5 Å². The highest BCUT2D eigenvalue weighted by molar-refractivity contribution is 5.98. The topological polar surface area (TPSA) is 96.2 Å². The van der Waals surface area contributed by atoms with E-state index in [4.69, 9.17) is 16.2 Å². The summed E-state index contributed by atoms with van der Waals surface area (Å²) >= 11 is 0. The molecule has 0 aliphatic heterocycles. The first-order valence-electron chi connectivity index (χ1n) is 8.68. The molecule has 0 aliphatic rings. The third-order valence-corrected chi connectivity index (χ3v) is 4.29. The maximum absolute atomic E-state index is 14.3. The zero-order valence-corrected chi connectivity index (χ0v) is 15.5. The summed E-state index contributed by atoms with van der Waals surface area (Å²) in [6, 6.07) is 1.34. The van der Waals surface area contributed by atoms with Crippen LogP contribution in [0.15, 0.2) is 18.2 Å². The molecule has 1 aromatic heterocycles. The van der Waals surface area contributed by atoms with Gasteiger partial charge in [-0.3, -0.25) is 4.79 Å². The molecule has 0 saturated carbocycles. The summed E-state index contributed by atoms with van der Waals surface area (Å²) in [5, 5.41) is 4.19. The standard InChI is InChI=1S/C18H22F4N4O2/c1-3-4-7-28-9-14-15(17(24)27)16(23)26(25-14)10(2)12-6-5-11(8-13(12)19)18(20,21)22/h5-6,8,10H,3-4,7,9,23H2,1-2H3,(H2,24,27). The molecule has 0 radical (unpaired) electrons. The number of anilines is 1. The smallest absolute Gasteiger partial charge is 0.383 e. The van der Waals surface area contributed by atoms with Gasteiger partial charge in [-0.2, -0.15) is 18.3 Å². The van der Waals surface area contributed by atoms with Gasteiger partial charge in [-0.25, -0.2) is 9.07 Å². The van der Waals surface area contributed by atoms with Crippen molar-refractivity contribution in [2.75, 3.05) is 12.3 Å². The molecule has 0 aliphatic carbocycles. The highest BCUT2D eigenvalue weighted by Crippen LogP contribution is 2.33. The van der Waals surface area contributed by atoms with Crippen molar-refractivity contribution in [1.29, 1.82) is 0 Å². The molecule has 4 N–H and O–H groups in total. The number of carbonyl (C=O) groups is 1. The Balaban J connectivity index is 2.37. The van der Waals surface area contributed by atoms with E-state index in [0.717, 1.165) is 29.7 Å². The van der Waals surface area contributed by atoms with Gasteiger partial charge in [-0.15, -0.1) is 0 Å². The highest BCUT2D eigenvalue weighted by atomic mass is 19.4. The summed E-state index contributed by atoms with van der Waals surface area (Å²) in [4.78, 5) is 11.8. The predicted molar refractivity (Wildman–Crippen MR) is 94.9 cm³/mol. The summed E-state index contributed by atoms with van der Waals surface area (Å²) in [7, 11) is 0. The number of nitrogens with two attached hydrogens (primary N) is 2. The van der Waals surface area contributed by atoms with Gasteiger partial charge in [0.15, 0.2) is 0 Å². The van der Waals surface area contributed by atoms with E-state index in [1.54, 1.807) is 0 Å². The summed E-state index contributed by atoms with van der Waals surface area (Å²) in [5.74, 6) is -1.98. The van der Waals surface area contributed by atoms with E-state index in [9.17, 15) is 22.4 Å². The number of carbonyl (C=O) groups excluding carboxylic acids is 1. The first-order chi connectivity index (χ1) is 13.1. The third-order valence-electron chi connectivity index (χ3n) is 4.29. The molecule has 1 unspecified atom stereocenters. The fourth-order valence-corrected chi connectivity index (χ4v) is 2.75. The van der Waals surface area contributed by atoms with Gasteiger partial charge >= 0.3 is 6.18 Å². The Hall–Kier alpha value is -2.62. The van der Waals surface area contributed by atoms with Crippen LogP contribution in [-0.2, 0) is 17.5 Å². The van der Waals surface area contributed by atoms with Gasteiger partial charge < -0.3 is 16.2 Å². The maximum Gasteiger partial charge on any atom is 0.416 e. The van der Waals surface area contributed by atoms with Crippen LogP contribution in [0.4, 0.5) is 23.4 Å². The maximum atomic E-state index is 14.3. The minimum atomic E-state index is -4.66. The molecule has 0 spiro atoms. The van der Waals surface area contributed by atoms with Crippen LogP contribution in [0.5, 0.6) is 0 Å². The molecule has 10 heteroatoms. The number of rotatable bonds is 8. The van der Waals surface area contributed by atoms with Crippen molar-refractivity contribution in [3.05, 3.63) is 46.4 Å². The van der Waals surface area contributed by atoms with Crippen molar-refractivity contribution >= 4 is 11.7 Å². The van der Waals surface area contributed by atoms with Crippen LogP contribution in [0.1, 0.15) is 59.9 Å². The largest absolute Gasteiger partial charge is 0.416 e. The lowest BCUT2D eigenvalue weighted by atomic mass is 10.0. The number of halogens is 4. The van der Waals surface area contributed by atoms with Crippen LogP contribution in [0.3, 0.4) is 0 Å². The van der Waals surface area contributed by atoms with Crippen LogP contribution in [0, 0.1) is 5.82 Å². The van der Waals surface area contributed by atoms with Crippen LogP contribution in [0.25, 0.3) is 0 Å². The highest BCUT2D eigenvalue weighted by Gasteiger charge is 2.32. The number of unbranched alkanes of at least 4 members (excludes halogenated alkanes) is 1. The second-order valence-corrected chi connectivity index (χ2v) is 6.33. The lowest BCUT2D eigenvalue weighted by Crippen LogP contribution is -2.17. The SMILES string of the molecule is CCCCOCc1nn(C(C)c2ccc(C(F)(F)F)cc2F)c(N)c1C(N)=O. The number of primary amides is 1. The van der Waals surface area contributed by atoms with E-state index in [1.165, 1.54) is 6.92 Å². The fourth-order valence-electron chi connectivity index (χ4n) is 2.75.